The highest BCUT2D eigenvalue weighted by atomic mass is 16.1. The van der Waals surface area contributed by atoms with Gasteiger partial charge in [-0.15, -0.1) is 0 Å². The van der Waals surface area contributed by atoms with Crippen LogP contribution in [0.1, 0.15) is 41.6 Å². The molecule has 0 amide bonds. The summed E-state index contributed by atoms with van der Waals surface area (Å²) in [6.07, 6.45) is 4.56. The molecule has 0 radical (unpaired) electrons. The van der Waals surface area contributed by atoms with E-state index < -0.39 is 5.41 Å². The molecule has 2 aliphatic carbocycles. The highest BCUT2D eigenvalue weighted by Gasteiger charge is 2.55. The summed E-state index contributed by atoms with van der Waals surface area (Å²) in [7, 11) is 0. The van der Waals surface area contributed by atoms with Crippen LogP contribution in [0.25, 0.3) is 0 Å². The Morgan fingerprint density at radius 1 is 1.33 bits per heavy atom. The van der Waals surface area contributed by atoms with Gasteiger partial charge in [0, 0.05) is 17.6 Å². The highest BCUT2D eigenvalue weighted by Crippen LogP contribution is 2.51. The fraction of sp³-hybridized carbons (Fsp3) is 0.389. The second-order valence-electron chi connectivity index (χ2n) is 5.98. The fourth-order valence-electron chi connectivity index (χ4n) is 3.58. The van der Waals surface area contributed by atoms with Gasteiger partial charge < -0.3 is 0 Å². The first-order chi connectivity index (χ1) is 10.1. The number of ketones is 2. The summed E-state index contributed by atoms with van der Waals surface area (Å²) in [6.45, 7) is 1.96. The number of nitrogens with zero attached hydrogens (tertiary/aromatic N) is 1. The van der Waals surface area contributed by atoms with Crippen molar-refractivity contribution in [2.45, 2.75) is 32.6 Å². The minimum absolute atomic E-state index is 0.0202. The van der Waals surface area contributed by atoms with Crippen molar-refractivity contribution in [2.75, 3.05) is 0 Å². The molecule has 0 aromatic heterocycles. The Hall–Kier alpha value is -2.21. The van der Waals surface area contributed by atoms with Gasteiger partial charge in [0.05, 0.1) is 6.07 Å². The standard InChI is InChI=1S/C18H17NO2/c1-12-5-7-13(8-6-12)17(21)15-10-9-14-3-2-4-16(20)18(14,15)11-19/h5-8,10,14H,2-4,9H2,1H3. The molecule has 0 bridgehead atoms. The number of aryl methyl sites for hydroxylation is 1. The van der Waals surface area contributed by atoms with E-state index in [1.807, 2.05) is 25.1 Å². The van der Waals surface area contributed by atoms with Crippen LogP contribution in [-0.2, 0) is 4.79 Å². The lowest BCUT2D eigenvalue weighted by atomic mass is 9.64. The smallest absolute Gasteiger partial charge is 0.190 e. The highest BCUT2D eigenvalue weighted by molar-refractivity contribution is 6.15. The molecule has 0 saturated heterocycles. The van der Waals surface area contributed by atoms with Crippen LogP contribution in [0.2, 0.25) is 0 Å². The van der Waals surface area contributed by atoms with Crippen molar-refractivity contribution < 1.29 is 9.59 Å². The molecule has 3 heteroatoms. The van der Waals surface area contributed by atoms with E-state index in [1.165, 1.54) is 0 Å². The van der Waals surface area contributed by atoms with Gasteiger partial charge in [-0.2, -0.15) is 5.26 Å². The average molecular weight is 279 g/mol. The van der Waals surface area contributed by atoms with Crippen molar-refractivity contribution in [1.82, 2.24) is 0 Å². The van der Waals surface area contributed by atoms with Gasteiger partial charge in [-0.1, -0.05) is 35.9 Å². The normalized spacial score (nSPS) is 27.7. The summed E-state index contributed by atoms with van der Waals surface area (Å²) < 4.78 is 0. The average Bonchev–Trinajstić information content (AvgIpc) is 2.88. The zero-order chi connectivity index (χ0) is 15.0. The van der Waals surface area contributed by atoms with Crippen LogP contribution in [0.15, 0.2) is 35.9 Å². The second kappa shape index (κ2) is 4.96. The topological polar surface area (TPSA) is 57.9 Å². The van der Waals surface area contributed by atoms with Gasteiger partial charge in [-0.25, -0.2) is 0 Å². The SMILES string of the molecule is Cc1ccc(C(=O)C2=CCC3CCCC(=O)C23C#N)cc1. The van der Waals surface area contributed by atoms with Gasteiger partial charge in [0.2, 0.25) is 0 Å². The zero-order valence-electron chi connectivity index (χ0n) is 12.1. The van der Waals surface area contributed by atoms with E-state index in [0.29, 0.717) is 24.0 Å². The predicted molar refractivity (Wildman–Crippen MR) is 78.6 cm³/mol. The number of carbonyl (C=O) groups excluding carboxylic acids is 2. The Bertz CT molecular complexity index is 678. The van der Waals surface area contributed by atoms with Crippen LogP contribution in [-0.4, -0.2) is 11.6 Å². The Kier molecular flexibility index (Phi) is 3.25. The molecule has 2 unspecified atom stereocenters. The minimum Gasteiger partial charge on any atom is -0.298 e. The summed E-state index contributed by atoms with van der Waals surface area (Å²) in [5.41, 5.74) is 0.845. The molecule has 1 aromatic rings. The summed E-state index contributed by atoms with van der Waals surface area (Å²) in [6, 6.07) is 9.49. The minimum atomic E-state index is -1.19. The molecule has 21 heavy (non-hydrogen) atoms. The lowest BCUT2D eigenvalue weighted by molar-refractivity contribution is -0.128. The van der Waals surface area contributed by atoms with Gasteiger partial charge in [-0.3, -0.25) is 9.59 Å². The lowest BCUT2D eigenvalue weighted by Crippen LogP contribution is -2.41. The lowest BCUT2D eigenvalue weighted by Gasteiger charge is -2.33. The number of hydrogen-bond acceptors (Lipinski definition) is 3. The van der Waals surface area contributed by atoms with Crippen molar-refractivity contribution in [3.63, 3.8) is 0 Å². The molecule has 2 atom stereocenters. The number of Topliss-reactive ketones (excluding diaryl/α,β-unsaturated/α-hetero) is 2. The molecule has 2 aliphatic rings. The second-order valence-corrected chi connectivity index (χ2v) is 5.98. The van der Waals surface area contributed by atoms with Crippen molar-refractivity contribution in [2.24, 2.45) is 11.3 Å². The first-order valence-electron chi connectivity index (χ1n) is 7.36. The molecular weight excluding hydrogens is 262 g/mol. The molecule has 3 nitrogen and oxygen atoms in total. The Balaban J connectivity index is 2.02. The van der Waals surface area contributed by atoms with Crippen molar-refractivity contribution in [3.05, 3.63) is 47.0 Å². The molecule has 3 rings (SSSR count). The summed E-state index contributed by atoms with van der Waals surface area (Å²) in [5.74, 6) is -0.270. The quantitative estimate of drug-likeness (QED) is 0.780. The van der Waals surface area contributed by atoms with Crippen LogP contribution in [0.5, 0.6) is 0 Å². The molecule has 1 saturated carbocycles. The molecule has 1 fully saturated rings. The Morgan fingerprint density at radius 3 is 2.71 bits per heavy atom. The Labute approximate surface area is 124 Å². The predicted octanol–water partition coefficient (Wildman–Crippen LogP) is 3.39. The van der Waals surface area contributed by atoms with Crippen molar-refractivity contribution in [3.8, 4) is 6.07 Å². The van der Waals surface area contributed by atoms with Crippen LogP contribution >= 0.6 is 0 Å². The van der Waals surface area contributed by atoms with Gasteiger partial charge in [-0.05, 0) is 32.1 Å². The van der Waals surface area contributed by atoms with Gasteiger partial charge >= 0.3 is 0 Å². The first-order valence-corrected chi connectivity index (χ1v) is 7.36. The third kappa shape index (κ3) is 1.94. The fourth-order valence-corrected chi connectivity index (χ4v) is 3.58. The van der Waals surface area contributed by atoms with Crippen LogP contribution in [0, 0.1) is 29.6 Å². The number of hydrogen-bond donors (Lipinski definition) is 0. The van der Waals surface area contributed by atoms with E-state index in [9.17, 15) is 14.9 Å². The zero-order valence-corrected chi connectivity index (χ0v) is 12.1. The molecule has 0 aliphatic heterocycles. The number of fused-ring (bicyclic) bond motifs is 1. The van der Waals surface area contributed by atoms with E-state index in [1.54, 1.807) is 12.1 Å². The maximum Gasteiger partial charge on any atom is 0.190 e. The third-order valence-electron chi connectivity index (χ3n) is 4.77. The summed E-state index contributed by atoms with van der Waals surface area (Å²) in [4.78, 5) is 25.2. The summed E-state index contributed by atoms with van der Waals surface area (Å²) in [5, 5.41) is 9.67. The number of carbonyl (C=O) groups is 2. The van der Waals surface area contributed by atoms with E-state index in [-0.39, 0.29) is 17.5 Å². The monoisotopic (exact) mass is 279 g/mol. The van der Waals surface area contributed by atoms with Crippen LogP contribution in [0.4, 0.5) is 0 Å². The number of benzene rings is 1. The van der Waals surface area contributed by atoms with Gasteiger partial charge in [0.25, 0.3) is 0 Å². The molecule has 0 spiro atoms. The Morgan fingerprint density at radius 2 is 2.05 bits per heavy atom. The number of nitriles is 1. The molecule has 0 heterocycles. The van der Waals surface area contributed by atoms with Crippen LogP contribution < -0.4 is 0 Å². The van der Waals surface area contributed by atoms with E-state index in [2.05, 4.69) is 6.07 Å². The largest absolute Gasteiger partial charge is 0.298 e. The van der Waals surface area contributed by atoms with Crippen LogP contribution in [0.3, 0.4) is 0 Å². The molecule has 106 valence electrons. The maximum atomic E-state index is 12.8. The molecule has 0 N–H and O–H groups in total. The maximum absolute atomic E-state index is 12.8. The van der Waals surface area contributed by atoms with Crippen molar-refractivity contribution in [1.29, 1.82) is 5.26 Å². The number of allylic oxidation sites excluding steroid dienone is 2. The van der Waals surface area contributed by atoms with Crippen molar-refractivity contribution >= 4 is 11.6 Å². The molecule has 1 aromatic carbocycles. The van der Waals surface area contributed by atoms with Gasteiger partial charge in [0.15, 0.2) is 11.6 Å². The number of rotatable bonds is 2. The van der Waals surface area contributed by atoms with Gasteiger partial charge in [0.1, 0.15) is 5.41 Å². The van der Waals surface area contributed by atoms with E-state index in [0.717, 1.165) is 18.4 Å². The third-order valence-corrected chi connectivity index (χ3v) is 4.77. The molecular formula is C18H17NO2. The summed E-state index contributed by atoms with van der Waals surface area (Å²) >= 11 is 0. The van der Waals surface area contributed by atoms with E-state index in [4.69, 9.17) is 0 Å². The van der Waals surface area contributed by atoms with E-state index >= 15 is 0 Å². The first kappa shape index (κ1) is 13.8.